The summed E-state index contributed by atoms with van der Waals surface area (Å²) in [7, 11) is 1.59. The fraction of sp³-hybridized carbons (Fsp3) is 0.350. The van der Waals surface area contributed by atoms with Crippen LogP contribution in [-0.2, 0) is 11.2 Å². The first-order chi connectivity index (χ1) is 12.3. The summed E-state index contributed by atoms with van der Waals surface area (Å²) < 4.78 is 25.2. The molecule has 0 bridgehead atoms. The summed E-state index contributed by atoms with van der Waals surface area (Å²) in [5.41, 5.74) is 0.739. The van der Waals surface area contributed by atoms with Gasteiger partial charge in [-0.25, -0.2) is 4.39 Å². The summed E-state index contributed by atoms with van der Waals surface area (Å²) >= 11 is 5.76. The lowest BCUT2D eigenvalue weighted by Gasteiger charge is -2.38. The molecule has 1 atom stereocenters. The van der Waals surface area contributed by atoms with Crippen molar-refractivity contribution >= 4 is 17.5 Å². The number of amides is 1. The van der Waals surface area contributed by atoms with Gasteiger partial charge in [0.1, 0.15) is 22.9 Å². The molecule has 3 rings (SSSR count). The van der Waals surface area contributed by atoms with E-state index in [0.717, 1.165) is 5.56 Å². The molecule has 0 aliphatic carbocycles. The summed E-state index contributed by atoms with van der Waals surface area (Å²) in [4.78, 5) is 12.5. The van der Waals surface area contributed by atoms with Gasteiger partial charge in [0.2, 0.25) is 5.91 Å². The van der Waals surface area contributed by atoms with Gasteiger partial charge in [0.25, 0.3) is 0 Å². The number of carbonyl (C=O) groups excluding carboxylic acids is 1. The molecule has 1 unspecified atom stereocenters. The van der Waals surface area contributed by atoms with Gasteiger partial charge in [-0.1, -0.05) is 17.7 Å². The number of fused-ring (bicyclic) bond motifs is 1. The average molecular weight is 378 g/mol. The van der Waals surface area contributed by atoms with E-state index < -0.39 is 11.4 Å². The first kappa shape index (κ1) is 18.5. The van der Waals surface area contributed by atoms with Crippen LogP contribution in [0.4, 0.5) is 4.39 Å². The Hall–Kier alpha value is -2.27. The Morgan fingerprint density at radius 1 is 1.35 bits per heavy atom. The van der Waals surface area contributed by atoms with E-state index in [2.05, 4.69) is 5.32 Å². The van der Waals surface area contributed by atoms with Crippen LogP contribution in [0.15, 0.2) is 36.4 Å². The second-order valence-electron chi connectivity index (χ2n) is 7.00. The molecule has 0 spiro atoms. The Bertz CT molecular complexity index is 838. The van der Waals surface area contributed by atoms with Gasteiger partial charge in [-0.3, -0.25) is 4.79 Å². The van der Waals surface area contributed by atoms with E-state index >= 15 is 0 Å². The van der Waals surface area contributed by atoms with E-state index in [1.165, 1.54) is 12.1 Å². The highest BCUT2D eigenvalue weighted by atomic mass is 35.5. The molecule has 0 fully saturated rings. The second kappa shape index (κ2) is 7.16. The number of ether oxygens (including phenoxy) is 2. The third-order valence-corrected chi connectivity index (χ3v) is 4.61. The van der Waals surface area contributed by atoms with Crippen molar-refractivity contribution in [3.05, 3.63) is 58.4 Å². The van der Waals surface area contributed by atoms with Crippen molar-refractivity contribution in [2.24, 2.45) is 0 Å². The fourth-order valence-corrected chi connectivity index (χ4v) is 3.33. The van der Waals surface area contributed by atoms with Gasteiger partial charge in [0, 0.05) is 17.0 Å². The molecular formula is C20H21ClFNO3. The van der Waals surface area contributed by atoms with Crippen molar-refractivity contribution in [2.75, 3.05) is 7.11 Å². The number of benzene rings is 2. The van der Waals surface area contributed by atoms with Crippen molar-refractivity contribution in [2.45, 2.75) is 38.3 Å². The van der Waals surface area contributed by atoms with Gasteiger partial charge in [0.05, 0.1) is 19.6 Å². The highest BCUT2D eigenvalue weighted by Crippen LogP contribution is 2.41. The maximum atomic E-state index is 13.9. The van der Waals surface area contributed by atoms with Crippen molar-refractivity contribution in [3.63, 3.8) is 0 Å². The van der Waals surface area contributed by atoms with Crippen molar-refractivity contribution in [1.29, 1.82) is 0 Å². The molecule has 0 aromatic heterocycles. The Kier molecular flexibility index (Phi) is 5.10. The molecule has 1 amide bonds. The van der Waals surface area contributed by atoms with E-state index in [1.807, 2.05) is 32.0 Å². The van der Waals surface area contributed by atoms with Crippen LogP contribution in [0.1, 0.15) is 37.4 Å². The molecule has 26 heavy (non-hydrogen) atoms. The molecule has 2 aromatic carbocycles. The second-order valence-corrected chi connectivity index (χ2v) is 7.44. The number of methoxy groups -OCH3 is 1. The molecule has 1 aliphatic heterocycles. The van der Waals surface area contributed by atoms with Crippen LogP contribution in [0.5, 0.6) is 11.5 Å². The van der Waals surface area contributed by atoms with Gasteiger partial charge in [-0.15, -0.1) is 0 Å². The van der Waals surface area contributed by atoms with Crippen LogP contribution in [0, 0.1) is 5.82 Å². The van der Waals surface area contributed by atoms with E-state index in [4.69, 9.17) is 21.1 Å². The van der Waals surface area contributed by atoms with Crippen molar-refractivity contribution < 1.29 is 18.7 Å². The Morgan fingerprint density at radius 2 is 2.12 bits per heavy atom. The largest absolute Gasteiger partial charge is 0.497 e. The van der Waals surface area contributed by atoms with E-state index in [0.29, 0.717) is 28.5 Å². The normalized spacial score (nSPS) is 17.8. The maximum Gasteiger partial charge on any atom is 0.225 e. The first-order valence-electron chi connectivity index (χ1n) is 8.38. The van der Waals surface area contributed by atoms with Crippen LogP contribution in [0.2, 0.25) is 5.02 Å². The van der Waals surface area contributed by atoms with E-state index in [9.17, 15) is 9.18 Å². The molecule has 1 N–H and O–H groups in total. The number of nitrogens with one attached hydrogen (secondary N) is 1. The minimum atomic E-state index is -0.484. The summed E-state index contributed by atoms with van der Waals surface area (Å²) in [6, 6.07) is 9.59. The topological polar surface area (TPSA) is 47.6 Å². The summed E-state index contributed by atoms with van der Waals surface area (Å²) in [5, 5.41) is 3.30. The van der Waals surface area contributed by atoms with Crippen LogP contribution < -0.4 is 14.8 Å². The first-order valence-corrected chi connectivity index (χ1v) is 8.75. The zero-order valence-corrected chi connectivity index (χ0v) is 15.7. The Labute approximate surface area is 157 Å². The van der Waals surface area contributed by atoms with Gasteiger partial charge < -0.3 is 14.8 Å². The number of halogens is 2. The Balaban J connectivity index is 1.81. The van der Waals surface area contributed by atoms with Gasteiger partial charge in [-0.2, -0.15) is 0 Å². The predicted octanol–water partition coefficient (Wildman–Crippen LogP) is 4.45. The molecule has 1 heterocycles. The minimum Gasteiger partial charge on any atom is -0.497 e. The lowest BCUT2D eigenvalue weighted by atomic mass is 9.89. The number of hydrogen-bond donors (Lipinski definition) is 1. The standard InChI is InChI=1S/C20H21ClFNO3/c1-20(2)11-17(15-10-14(25-3)6-7-18(15)26-20)23-19(24)8-12-4-5-13(21)9-16(12)22/h4-7,9-10,17H,8,11H2,1-3H3,(H,23,24). The molecular weight excluding hydrogens is 357 g/mol. The van der Waals surface area contributed by atoms with Crippen molar-refractivity contribution in [3.8, 4) is 11.5 Å². The molecule has 6 heteroatoms. The number of hydrogen-bond acceptors (Lipinski definition) is 3. The molecule has 0 saturated heterocycles. The maximum absolute atomic E-state index is 13.9. The number of carbonyl (C=O) groups is 1. The van der Waals surface area contributed by atoms with Gasteiger partial charge in [-0.05, 0) is 49.7 Å². The summed E-state index contributed by atoms with van der Waals surface area (Å²) in [5.74, 6) is 0.657. The lowest BCUT2D eigenvalue weighted by molar-refractivity contribution is -0.121. The van der Waals surface area contributed by atoms with E-state index in [-0.39, 0.29) is 18.4 Å². The molecule has 138 valence electrons. The van der Waals surface area contributed by atoms with Crippen LogP contribution >= 0.6 is 11.6 Å². The summed E-state index contributed by atoms with van der Waals surface area (Å²) in [6.45, 7) is 3.94. The molecule has 2 aromatic rings. The van der Waals surface area contributed by atoms with Gasteiger partial charge in [0.15, 0.2) is 0 Å². The van der Waals surface area contributed by atoms with E-state index in [1.54, 1.807) is 13.2 Å². The highest BCUT2D eigenvalue weighted by Gasteiger charge is 2.34. The Morgan fingerprint density at radius 3 is 2.81 bits per heavy atom. The third kappa shape index (κ3) is 4.10. The zero-order chi connectivity index (χ0) is 18.9. The molecule has 1 aliphatic rings. The quantitative estimate of drug-likeness (QED) is 0.856. The van der Waals surface area contributed by atoms with Crippen LogP contribution in [0.3, 0.4) is 0 Å². The van der Waals surface area contributed by atoms with Gasteiger partial charge >= 0.3 is 0 Å². The SMILES string of the molecule is COc1ccc2c(c1)C(NC(=O)Cc1ccc(Cl)cc1F)CC(C)(C)O2. The third-order valence-electron chi connectivity index (χ3n) is 4.38. The highest BCUT2D eigenvalue weighted by molar-refractivity contribution is 6.30. The molecule has 0 radical (unpaired) electrons. The lowest BCUT2D eigenvalue weighted by Crippen LogP contribution is -2.41. The molecule has 4 nitrogen and oxygen atoms in total. The predicted molar refractivity (Wildman–Crippen MR) is 98.3 cm³/mol. The van der Waals surface area contributed by atoms with Crippen molar-refractivity contribution in [1.82, 2.24) is 5.32 Å². The zero-order valence-electron chi connectivity index (χ0n) is 14.9. The minimum absolute atomic E-state index is 0.0555. The smallest absolute Gasteiger partial charge is 0.225 e. The monoisotopic (exact) mass is 377 g/mol. The number of rotatable bonds is 4. The van der Waals surface area contributed by atoms with Crippen LogP contribution in [0.25, 0.3) is 0 Å². The summed E-state index contributed by atoms with van der Waals surface area (Å²) in [6.07, 6.45) is 0.544. The average Bonchev–Trinajstić information content (AvgIpc) is 2.56. The molecule has 0 saturated carbocycles. The fourth-order valence-electron chi connectivity index (χ4n) is 3.17. The van der Waals surface area contributed by atoms with Crippen LogP contribution in [-0.4, -0.2) is 18.6 Å².